The average molecular weight is 428 g/mol. The molecule has 1 N–H and O–H groups in total. The number of aromatic hydroxyl groups is 1. The minimum atomic E-state index is -5.31. The fourth-order valence-electron chi connectivity index (χ4n) is 2.82. The normalized spacial score (nSPS) is 17.8. The van der Waals surface area contributed by atoms with Crippen molar-refractivity contribution in [1.29, 1.82) is 0 Å². The Morgan fingerprint density at radius 2 is 1.26 bits per heavy atom. The van der Waals surface area contributed by atoms with Crippen molar-refractivity contribution in [1.82, 2.24) is 0 Å². The SMILES string of the molecule is O=S(=O)(OS1(c2ccc(O)cc2)CCCC1)c1c(F)c(F)c(F)c(F)c1F. The van der Waals surface area contributed by atoms with Gasteiger partial charge < -0.3 is 5.11 Å². The number of hydrogen-bond acceptors (Lipinski definition) is 4. The molecule has 0 aliphatic carbocycles. The summed E-state index contributed by atoms with van der Waals surface area (Å²) in [6, 6.07) is 5.39. The molecule has 0 radical (unpaired) electrons. The van der Waals surface area contributed by atoms with Gasteiger partial charge in [-0.05, 0) is 37.1 Å². The van der Waals surface area contributed by atoms with E-state index >= 15 is 0 Å². The van der Waals surface area contributed by atoms with Crippen LogP contribution in [0.15, 0.2) is 34.1 Å². The minimum Gasteiger partial charge on any atom is -0.508 e. The topological polar surface area (TPSA) is 63.6 Å². The number of hydrogen-bond donors (Lipinski definition) is 1. The maximum atomic E-state index is 13.9. The smallest absolute Gasteiger partial charge is 0.312 e. The zero-order valence-electron chi connectivity index (χ0n) is 13.5. The maximum absolute atomic E-state index is 13.9. The summed E-state index contributed by atoms with van der Waals surface area (Å²) in [5, 5.41) is 9.39. The molecule has 2 aromatic rings. The molecule has 4 nitrogen and oxygen atoms in total. The fourth-order valence-corrected chi connectivity index (χ4v) is 8.59. The van der Waals surface area contributed by atoms with Crippen molar-refractivity contribution >= 4 is 20.4 Å². The highest BCUT2D eigenvalue weighted by Gasteiger charge is 2.41. The lowest BCUT2D eigenvalue weighted by atomic mass is 10.3. The predicted octanol–water partition coefficient (Wildman–Crippen LogP) is 4.37. The summed E-state index contributed by atoms with van der Waals surface area (Å²) in [5.41, 5.74) is 0. The number of rotatable bonds is 4. The highest BCUT2D eigenvalue weighted by Crippen LogP contribution is 2.63. The van der Waals surface area contributed by atoms with Gasteiger partial charge in [0.1, 0.15) is 5.75 Å². The van der Waals surface area contributed by atoms with E-state index in [1.165, 1.54) is 24.3 Å². The molecule has 0 amide bonds. The number of halogens is 5. The highest BCUT2D eigenvalue weighted by molar-refractivity contribution is 8.33. The third kappa shape index (κ3) is 3.39. The van der Waals surface area contributed by atoms with Crippen LogP contribution < -0.4 is 0 Å². The van der Waals surface area contributed by atoms with E-state index in [4.69, 9.17) is 3.63 Å². The number of phenolic OH excluding ortho intramolecular Hbond substituents is 1. The van der Waals surface area contributed by atoms with E-state index in [0.717, 1.165) is 0 Å². The molecule has 0 saturated carbocycles. The Bertz CT molecular complexity index is 958. The second-order valence-corrected chi connectivity index (χ2v) is 10.6. The Hall–Kier alpha value is -1.85. The Labute approximate surface area is 153 Å². The lowest BCUT2D eigenvalue weighted by Gasteiger charge is -2.34. The largest absolute Gasteiger partial charge is 0.508 e. The number of phenols is 1. The average Bonchev–Trinajstić information content (AvgIpc) is 3.07. The van der Waals surface area contributed by atoms with E-state index in [-0.39, 0.29) is 17.3 Å². The van der Waals surface area contributed by atoms with E-state index in [0.29, 0.717) is 17.7 Å². The lowest BCUT2D eigenvalue weighted by Crippen LogP contribution is -2.19. The van der Waals surface area contributed by atoms with Crippen LogP contribution >= 0.6 is 10.3 Å². The van der Waals surface area contributed by atoms with Crippen molar-refractivity contribution in [2.24, 2.45) is 0 Å². The summed E-state index contributed by atoms with van der Waals surface area (Å²) in [6.45, 7) is 0. The Morgan fingerprint density at radius 1 is 0.815 bits per heavy atom. The minimum absolute atomic E-state index is 0.0890. The fraction of sp³-hybridized carbons (Fsp3) is 0.250. The molecule has 1 aliphatic heterocycles. The molecule has 3 rings (SSSR count). The summed E-state index contributed by atoms with van der Waals surface area (Å²) in [5.74, 6) is -11.8. The zero-order valence-corrected chi connectivity index (χ0v) is 15.1. The Balaban J connectivity index is 2.12. The molecule has 1 heterocycles. The zero-order chi connectivity index (χ0) is 20.0. The third-order valence-electron chi connectivity index (χ3n) is 4.10. The first kappa shape index (κ1) is 19.9. The molecule has 27 heavy (non-hydrogen) atoms. The van der Waals surface area contributed by atoms with Gasteiger partial charge >= 0.3 is 10.1 Å². The molecule has 1 aliphatic rings. The van der Waals surface area contributed by atoms with Gasteiger partial charge in [-0.15, -0.1) is 0 Å². The highest BCUT2D eigenvalue weighted by atomic mass is 32.3. The molecule has 2 aromatic carbocycles. The summed E-state index contributed by atoms with van der Waals surface area (Å²) in [4.78, 5) is -1.62. The molecular formula is C16H13F5O4S2. The van der Waals surface area contributed by atoms with Gasteiger partial charge in [0.2, 0.25) is 5.82 Å². The quantitative estimate of drug-likeness (QED) is 0.446. The van der Waals surface area contributed by atoms with Gasteiger partial charge in [0, 0.05) is 16.4 Å². The van der Waals surface area contributed by atoms with Crippen molar-refractivity contribution in [2.75, 3.05) is 11.5 Å². The molecule has 1 fully saturated rings. The first-order chi connectivity index (χ1) is 12.6. The van der Waals surface area contributed by atoms with Crippen LogP contribution in [0.4, 0.5) is 22.0 Å². The van der Waals surface area contributed by atoms with Crippen LogP contribution in [0.3, 0.4) is 0 Å². The molecule has 1 saturated heterocycles. The monoisotopic (exact) mass is 428 g/mol. The Morgan fingerprint density at radius 3 is 1.74 bits per heavy atom. The first-order valence-corrected chi connectivity index (χ1v) is 10.9. The van der Waals surface area contributed by atoms with E-state index in [1.54, 1.807) is 0 Å². The van der Waals surface area contributed by atoms with E-state index in [1.807, 2.05) is 0 Å². The third-order valence-corrected chi connectivity index (χ3v) is 9.75. The van der Waals surface area contributed by atoms with Gasteiger partial charge in [-0.1, -0.05) is 10.3 Å². The second-order valence-electron chi connectivity index (χ2n) is 5.84. The van der Waals surface area contributed by atoms with Crippen LogP contribution in [0.2, 0.25) is 0 Å². The Kier molecular flexibility index (Phi) is 5.12. The summed E-state index contributed by atoms with van der Waals surface area (Å²) < 4.78 is 98.1. The number of benzene rings is 2. The maximum Gasteiger partial charge on any atom is 0.312 e. The molecule has 0 atom stereocenters. The van der Waals surface area contributed by atoms with Crippen LogP contribution in [-0.4, -0.2) is 25.0 Å². The van der Waals surface area contributed by atoms with E-state index < -0.39 is 54.4 Å². The van der Waals surface area contributed by atoms with Crippen LogP contribution in [0.25, 0.3) is 0 Å². The van der Waals surface area contributed by atoms with Crippen molar-refractivity contribution in [3.8, 4) is 5.75 Å². The van der Waals surface area contributed by atoms with Gasteiger partial charge in [0.05, 0.1) is 0 Å². The standard InChI is InChI=1S/C16H13F5O4S2/c17-11-12(18)14(20)16(15(21)13(11)19)27(23,24)25-26(7-1-2-8-26)10-5-3-9(22)4-6-10/h3-6,22H,1-2,7-8H2. The molecule has 0 spiro atoms. The van der Waals surface area contributed by atoms with Crippen LogP contribution in [0.1, 0.15) is 12.8 Å². The predicted molar refractivity (Wildman–Crippen MR) is 87.4 cm³/mol. The van der Waals surface area contributed by atoms with Crippen molar-refractivity contribution in [3.05, 3.63) is 53.4 Å². The van der Waals surface area contributed by atoms with Crippen molar-refractivity contribution in [3.63, 3.8) is 0 Å². The van der Waals surface area contributed by atoms with Crippen molar-refractivity contribution < 1.29 is 39.1 Å². The van der Waals surface area contributed by atoms with Gasteiger partial charge in [-0.2, -0.15) is 8.42 Å². The van der Waals surface area contributed by atoms with Gasteiger partial charge in [0.15, 0.2) is 28.2 Å². The summed E-state index contributed by atoms with van der Waals surface area (Å²) >= 11 is 0. The summed E-state index contributed by atoms with van der Waals surface area (Å²) in [7, 11) is -7.91. The van der Waals surface area contributed by atoms with Crippen molar-refractivity contribution in [2.45, 2.75) is 22.6 Å². The van der Waals surface area contributed by atoms with E-state index in [2.05, 4.69) is 0 Å². The van der Waals surface area contributed by atoms with Gasteiger partial charge in [-0.25, -0.2) is 25.6 Å². The first-order valence-electron chi connectivity index (χ1n) is 7.64. The summed E-state index contributed by atoms with van der Waals surface area (Å²) in [6.07, 6.45) is 1.12. The van der Waals surface area contributed by atoms with Crippen LogP contribution in [0, 0.1) is 29.1 Å². The van der Waals surface area contributed by atoms with Gasteiger partial charge in [-0.3, -0.25) is 0 Å². The molecule has 0 unspecified atom stereocenters. The molecule has 0 bridgehead atoms. The van der Waals surface area contributed by atoms with Gasteiger partial charge in [0.25, 0.3) is 0 Å². The van der Waals surface area contributed by atoms with E-state index in [9.17, 15) is 35.5 Å². The van der Waals surface area contributed by atoms with Crippen LogP contribution in [-0.2, 0) is 13.7 Å². The molecule has 11 heteroatoms. The molecule has 0 aromatic heterocycles. The molecular weight excluding hydrogens is 415 g/mol. The lowest BCUT2D eigenvalue weighted by molar-refractivity contribution is 0.354. The second kappa shape index (κ2) is 6.95. The van der Waals surface area contributed by atoms with Crippen LogP contribution in [0.5, 0.6) is 5.75 Å². The molecule has 148 valence electrons.